The Bertz CT molecular complexity index is 5110. The predicted octanol–water partition coefficient (Wildman–Crippen LogP) is 21.2. The fourth-order valence-corrected chi connectivity index (χ4v) is 12.2. The van der Waals surface area contributed by atoms with Gasteiger partial charge in [0.2, 0.25) is 0 Å². The van der Waals surface area contributed by atoms with Crippen molar-refractivity contribution in [3.8, 4) is 44.5 Å². The molecule has 1 heteroatoms. The molecule has 0 saturated heterocycles. The summed E-state index contributed by atoms with van der Waals surface area (Å²) in [5, 5.41) is 20.7. The van der Waals surface area contributed by atoms with E-state index < -0.39 is 6.04 Å². The zero-order valence-corrected chi connectivity index (χ0v) is 40.6. The minimum atomic E-state index is -0.398. The summed E-state index contributed by atoms with van der Waals surface area (Å²) in [6.45, 7) is 0. The van der Waals surface area contributed by atoms with Crippen LogP contribution in [0.5, 0.6) is 0 Å². The molecule has 0 aliphatic carbocycles. The van der Waals surface area contributed by atoms with E-state index in [1.807, 2.05) is 72.8 Å². The predicted molar refractivity (Wildman–Crippen MR) is 322 cm³/mol. The van der Waals surface area contributed by atoms with Gasteiger partial charge in [0.15, 0.2) is 0 Å². The van der Waals surface area contributed by atoms with Gasteiger partial charge in [-0.1, -0.05) is 255 Å². The number of benzene rings is 15. The van der Waals surface area contributed by atoms with E-state index in [9.17, 15) is 0 Å². The van der Waals surface area contributed by atoms with E-state index in [0.717, 1.165) is 65.4 Å². The van der Waals surface area contributed by atoms with Crippen LogP contribution in [-0.2, 0) is 0 Å². The summed E-state index contributed by atoms with van der Waals surface area (Å²) in [5.41, 5.74) is 9.63. The molecule has 0 radical (unpaired) electrons. The van der Waals surface area contributed by atoms with Crippen LogP contribution < -0.4 is 0 Å². The summed E-state index contributed by atoms with van der Waals surface area (Å²) in [6, 6.07) is 86.3. The van der Waals surface area contributed by atoms with Crippen LogP contribution in [-0.4, -0.2) is 0 Å². The molecule has 15 aromatic carbocycles. The van der Waals surface area contributed by atoms with Crippen LogP contribution in [0.15, 0.2) is 283 Å². The number of furan rings is 1. The molecule has 0 fully saturated rings. The highest BCUT2D eigenvalue weighted by atomic mass is 16.3. The molecule has 0 bridgehead atoms. The molecule has 0 spiro atoms. The first-order chi connectivity index (χ1) is 39.3. The average molecular weight is 956 g/mol. The van der Waals surface area contributed by atoms with Crippen molar-refractivity contribution < 1.29 is 11.3 Å². The van der Waals surface area contributed by atoms with Crippen molar-refractivity contribution in [1.82, 2.24) is 0 Å². The van der Waals surface area contributed by atoms with E-state index in [1.165, 1.54) is 76.1 Å². The average Bonchev–Trinajstić information content (AvgIpc) is 3.96. The van der Waals surface area contributed by atoms with Crippen LogP contribution >= 0.6 is 0 Å². The quantitative estimate of drug-likeness (QED) is 0.127. The van der Waals surface area contributed by atoms with E-state index in [1.54, 1.807) is 0 Å². The van der Waals surface area contributed by atoms with Gasteiger partial charge in [-0.25, -0.2) is 0 Å². The first kappa shape index (κ1) is 37.9. The van der Waals surface area contributed by atoms with Crippen LogP contribution in [0.2, 0.25) is 0 Å². The minimum Gasteiger partial charge on any atom is -0.456 e. The zero-order chi connectivity index (χ0) is 53.8. The molecular formula is C74H46O. The number of fused-ring (bicyclic) bond motifs is 13. The standard InChI is InChI=1S/C38H24.C36H22O/c1-2-13-26(14-3-1)36-31-18-8-10-20-33(31)38(34-21-11-9-19-32(34)36)35-24-27-23-22-25-12-4-5-15-28(25)37(27)30-17-7-6-16-29(30)35;1-2-11-23(12-3-1)34-26-15-6-8-17-28(26)35(29-18-9-7-16-27(29)34)30-19-10-20-32-36(30)31-21-24-13-4-5-14-25(24)22-33(31)37-32/h1-24H;1-22H/i;1D,2D,3D,11D,12D. The Labute approximate surface area is 440 Å². The van der Waals surface area contributed by atoms with Gasteiger partial charge in [0.25, 0.3) is 0 Å². The summed E-state index contributed by atoms with van der Waals surface area (Å²) in [6.07, 6.45) is 0. The lowest BCUT2D eigenvalue weighted by molar-refractivity contribution is 0.669. The number of hydrogen-bond acceptors (Lipinski definition) is 1. The molecule has 0 N–H and O–H groups in total. The van der Waals surface area contributed by atoms with Crippen molar-refractivity contribution in [2.45, 2.75) is 0 Å². The van der Waals surface area contributed by atoms with Crippen LogP contribution in [0.4, 0.5) is 0 Å². The third-order valence-electron chi connectivity index (χ3n) is 15.3. The molecule has 348 valence electrons. The molecule has 1 aromatic heterocycles. The smallest absolute Gasteiger partial charge is 0.136 e. The highest BCUT2D eigenvalue weighted by molar-refractivity contribution is 6.29. The Morgan fingerprint density at radius 3 is 1.29 bits per heavy atom. The van der Waals surface area contributed by atoms with Crippen LogP contribution in [0.1, 0.15) is 6.85 Å². The molecule has 16 rings (SSSR count). The fourth-order valence-electron chi connectivity index (χ4n) is 12.2. The maximum absolute atomic E-state index is 8.80. The van der Waals surface area contributed by atoms with Crippen LogP contribution in [0.3, 0.4) is 0 Å². The molecule has 0 unspecified atom stereocenters. The second-order valence-electron chi connectivity index (χ2n) is 19.4. The lowest BCUT2D eigenvalue weighted by Gasteiger charge is -2.20. The highest BCUT2D eigenvalue weighted by Gasteiger charge is 2.22. The van der Waals surface area contributed by atoms with Crippen LogP contribution in [0, 0.1) is 0 Å². The van der Waals surface area contributed by atoms with E-state index in [2.05, 4.69) is 176 Å². The van der Waals surface area contributed by atoms with Gasteiger partial charge in [0, 0.05) is 10.8 Å². The molecule has 0 aliphatic heterocycles. The SMILES string of the molecule is [2H]c1c([2H])c([2H])c(-c2c3ccccc3c(-c3cccc4oc5cc6ccccc6cc5c34)c3ccccc23)c([2H])c1[2H].c1ccc(-c2c3ccccc3c(-c3cc4ccc5ccccc5c4c4ccccc34)c3ccccc23)cc1. The molecule has 0 saturated carbocycles. The molecule has 1 nitrogen and oxygen atoms in total. The van der Waals surface area contributed by atoms with E-state index in [-0.39, 0.29) is 29.7 Å². The molecule has 0 amide bonds. The van der Waals surface area contributed by atoms with Crippen LogP contribution in [0.25, 0.3) is 153 Å². The zero-order valence-electron chi connectivity index (χ0n) is 45.6. The fraction of sp³-hybridized carbons (Fsp3) is 0. The lowest BCUT2D eigenvalue weighted by Crippen LogP contribution is -1.92. The van der Waals surface area contributed by atoms with Gasteiger partial charge in [0.1, 0.15) is 11.2 Å². The third kappa shape index (κ3) is 6.86. The molecule has 0 aliphatic rings. The van der Waals surface area contributed by atoms with Gasteiger partial charge in [0.05, 0.1) is 6.85 Å². The molecule has 0 atom stereocenters. The van der Waals surface area contributed by atoms with Crippen molar-refractivity contribution >= 4 is 108 Å². The van der Waals surface area contributed by atoms with E-state index in [0.29, 0.717) is 5.56 Å². The summed E-state index contributed by atoms with van der Waals surface area (Å²) >= 11 is 0. The first-order valence-electron chi connectivity index (χ1n) is 28.0. The Balaban J connectivity index is 0.000000139. The van der Waals surface area contributed by atoms with Gasteiger partial charge in [-0.2, -0.15) is 0 Å². The second kappa shape index (κ2) is 17.4. The second-order valence-corrected chi connectivity index (χ2v) is 19.4. The number of hydrogen-bond donors (Lipinski definition) is 0. The number of rotatable bonds is 4. The molecule has 1 heterocycles. The van der Waals surface area contributed by atoms with E-state index in [4.69, 9.17) is 11.3 Å². The molecular weight excluding hydrogens is 905 g/mol. The largest absolute Gasteiger partial charge is 0.456 e. The van der Waals surface area contributed by atoms with Gasteiger partial charge in [-0.05, 0) is 155 Å². The van der Waals surface area contributed by atoms with Gasteiger partial charge in [-0.3, -0.25) is 0 Å². The van der Waals surface area contributed by atoms with E-state index >= 15 is 0 Å². The Hall–Kier alpha value is -9.82. The van der Waals surface area contributed by atoms with Crippen molar-refractivity contribution in [2.75, 3.05) is 0 Å². The summed E-state index contributed by atoms with van der Waals surface area (Å²) in [7, 11) is 0. The van der Waals surface area contributed by atoms with Gasteiger partial charge in [-0.15, -0.1) is 0 Å². The molecule has 16 aromatic rings. The van der Waals surface area contributed by atoms with Gasteiger partial charge < -0.3 is 4.42 Å². The topological polar surface area (TPSA) is 13.1 Å². The lowest BCUT2D eigenvalue weighted by atomic mass is 9.83. The minimum absolute atomic E-state index is 0.207. The monoisotopic (exact) mass is 955 g/mol. The Morgan fingerprint density at radius 1 is 0.240 bits per heavy atom. The Morgan fingerprint density at radius 2 is 0.693 bits per heavy atom. The summed E-state index contributed by atoms with van der Waals surface area (Å²) < 4.78 is 48.9. The molecule has 75 heavy (non-hydrogen) atoms. The van der Waals surface area contributed by atoms with Crippen molar-refractivity contribution in [1.29, 1.82) is 0 Å². The van der Waals surface area contributed by atoms with Crippen molar-refractivity contribution in [2.24, 2.45) is 0 Å². The van der Waals surface area contributed by atoms with Crippen molar-refractivity contribution in [3.63, 3.8) is 0 Å². The Kier molecular flexibility index (Phi) is 8.81. The normalized spacial score (nSPS) is 12.7. The highest BCUT2D eigenvalue weighted by Crippen LogP contribution is 2.49. The summed E-state index contributed by atoms with van der Waals surface area (Å²) in [5.74, 6) is 0. The summed E-state index contributed by atoms with van der Waals surface area (Å²) in [4.78, 5) is 0. The third-order valence-corrected chi connectivity index (χ3v) is 15.3. The maximum atomic E-state index is 8.80. The van der Waals surface area contributed by atoms with Gasteiger partial charge >= 0.3 is 0 Å². The first-order valence-corrected chi connectivity index (χ1v) is 25.5. The van der Waals surface area contributed by atoms with Crippen molar-refractivity contribution in [3.05, 3.63) is 279 Å². The maximum Gasteiger partial charge on any atom is 0.136 e.